The molecule has 0 unspecified atom stereocenters. The maximum Gasteiger partial charge on any atom is 0.255 e. The Morgan fingerprint density at radius 2 is 1.45 bits per heavy atom. The summed E-state index contributed by atoms with van der Waals surface area (Å²) < 4.78 is 0. The summed E-state index contributed by atoms with van der Waals surface area (Å²) in [6.07, 6.45) is 3.17. The molecule has 2 fully saturated rings. The SMILES string of the molecule is O=C(CSc1ccccc1C(=O)N1CCCN(Cc2ccccc2)CC1)N1CCCC1. The van der Waals surface area contributed by atoms with E-state index in [2.05, 4.69) is 29.2 Å². The van der Waals surface area contributed by atoms with E-state index < -0.39 is 0 Å². The molecule has 6 heteroatoms. The molecule has 31 heavy (non-hydrogen) atoms. The predicted molar refractivity (Wildman–Crippen MR) is 125 cm³/mol. The van der Waals surface area contributed by atoms with E-state index in [4.69, 9.17) is 0 Å². The van der Waals surface area contributed by atoms with Crippen LogP contribution < -0.4 is 0 Å². The van der Waals surface area contributed by atoms with Crippen molar-refractivity contribution in [3.05, 3.63) is 65.7 Å². The first-order valence-corrected chi connectivity index (χ1v) is 12.2. The van der Waals surface area contributed by atoms with Crippen LogP contribution in [0.25, 0.3) is 0 Å². The number of rotatable bonds is 6. The van der Waals surface area contributed by atoms with Gasteiger partial charge in [-0.15, -0.1) is 11.8 Å². The smallest absolute Gasteiger partial charge is 0.255 e. The number of likely N-dealkylation sites (tertiary alicyclic amines) is 1. The first-order chi connectivity index (χ1) is 15.2. The zero-order valence-corrected chi connectivity index (χ0v) is 18.9. The Balaban J connectivity index is 1.36. The second-order valence-corrected chi connectivity index (χ2v) is 9.30. The number of thioether (sulfide) groups is 1. The topological polar surface area (TPSA) is 43.9 Å². The largest absolute Gasteiger partial charge is 0.342 e. The standard InChI is InChI=1S/C25H31N3O2S/c29-24(27-14-6-7-15-27)20-31-23-12-5-4-11-22(23)25(30)28-16-8-13-26(17-18-28)19-21-9-2-1-3-10-21/h1-5,9-12H,6-8,13-20H2. The lowest BCUT2D eigenvalue weighted by Gasteiger charge is -2.23. The predicted octanol–water partition coefficient (Wildman–Crippen LogP) is 3.75. The summed E-state index contributed by atoms with van der Waals surface area (Å²) in [5, 5.41) is 0. The minimum Gasteiger partial charge on any atom is -0.342 e. The monoisotopic (exact) mass is 437 g/mol. The van der Waals surface area contributed by atoms with Crippen molar-refractivity contribution in [3.63, 3.8) is 0 Å². The van der Waals surface area contributed by atoms with Gasteiger partial charge in [-0.25, -0.2) is 0 Å². The Hall–Kier alpha value is -2.31. The fourth-order valence-electron chi connectivity index (χ4n) is 4.31. The van der Waals surface area contributed by atoms with Gasteiger partial charge in [0.2, 0.25) is 5.91 Å². The summed E-state index contributed by atoms with van der Waals surface area (Å²) in [5.41, 5.74) is 2.03. The number of amides is 2. The van der Waals surface area contributed by atoms with Gasteiger partial charge in [-0.3, -0.25) is 14.5 Å². The van der Waals surface area contributed by atoms with Gasteiger partial charge in [0.1, 0.15) is 0 Å². The fourth-order valence-corrected chi connectivity index (χ4v) is 5.26. The van der Waals surface area contributed by atoms with Gasteiger partial charge in [0.15, 0.2) is 0 Å². The van der Waals surface area contributed by atoms with Crippen molar-refractivity contribution >= 4 is 23.6 Å². The minimum absolute atomic E-state index is 0.0817. The Labute approximate surface area is 189 Å². The molecule has 0 saturated carbocycles. The second-order valence-electron chi connectivity index (χ2n) is 8.28. The summed E-state index contributed by atoms with van der Waals surface area (Å²) in [7, 11) is 0. The molecule has 0 aromatic heterocycles. The average molecular weight is 438 g/mol. The summed E-state index contributed by atoms with van der Waals surface area (Å²) in [6, 6.07) is 18.2. The molecule has 0 atom stereocenters. The molecule has 4 rings (SSSR count). The number of carbonyl (C=O) groups excluding carboxylic acids is 2. The van der Waals surface area contributed by atoms with E-state index in [1.165, 1.54) is 17.3 Å². The zero-order chi connectivity index (χ0) is 21.5. The van der Waals surface area contributed by atoms with Gasteiger partial charge >= 0.3 is 0 Å². The summed E-state index contributed by atoms with van der Waals surface area (Å²) in [6.45, 7) is 6.05. The Morgan fingerprint density at radius 1 is 0.742 bits per heavy atom. The van der Waals surface area contributed by atoms with Crippen molar-refractivity contribution in [2.75, 3.05) is 45.0 Å². The molecule has 0 spiro atoms. The molecule has 2 amide bonds. The third-order valence-corrected chi connectivity index (χ3v) is 7.11. The van der Waals surface area contributed by atoms with Crippen LogP contribution in [0.1, 0.15) is 35.2 Å². The second kappa shape index (κ2) is 10.8. The van der Waals surface area contributed by atoms with Gasteiger partial charge in [0, 0.05) is 50.7 Å². The molecule has 2 aliphatic rings. The van der Waals surface area contributed by atoms with Crippen molar-refractivity contribution in [2.45, 2.75) is 30.7 Å². The van der Waals surface area contributed by atoms with Crippen LogP contribution in [0.2, 0.25) is 0 Å². The molecule has 2 aromatic carbocycles. The number of benzene rings is 2. The third kappa shape index (κ3) is 5.89. The number of nitrogens with zero attached hydrogens (tertiary/aromatic N) is 3. The minimum atomic E-state index is 0.0817. The van der Waals surface area contributed by atoms with Crippen LogP contribution in [0.5, 0.6) is 0 Å². The first kappa shape index (κ1) is 21.9. The highest BCUT2D eigenvalue weighted by Gasteiger charge is 2.23. The maximum atomic E-state index is 13.3. The fraction of sp³-hybridized carbons (Fsp3) is 0.440. The summed E-state index contributed by atoms with van der Waals surface area (Å²) >= 11 is 1.49. The van der Waals surface area contributed by atoms with Crippen LogP contribution in [-0.2, 0) is 11.3 Å². The highest BCUT2D eigenvalue weighted by atomic mass is 32.2. The quantitative estimate of drug-likeness (QED) is 0.646. The molecule has 0 aliphatic carbocycles. The van der Waals surface area contributed by atoms with Crippen LogP contribution in [0.4, 0.5) is 0 Å². The van der Waals surface area contributed by atoms with Crippen LogP contribution in [0.15, 0.2) is 59.5 Å². The lowest BCUT2D eigenvalue weighted by atomic mass is 10.2. The molecular weight excluding hydrogens is 406 g/mol. The van der Waals surface area contributed by atoms with Crippen molar-refractivity contribution in [2.24, 2.45) is 0 Å². The van der Waals surface area contributed by atoms with E-state index in [-0.39, 0.29) is 11.8 Å². The Morgan fingerprint density at radius 3 is 2.26 bits per heavy atom. The number of hydrogen-bond donors (Lipinski definition) is 0. The van der Waals surface area contributed by atoms with Crippen LogP contribution in [-0.4, -0.2) is 71.5 Å². The van der Waals surface area contributed by atoms with E-state index >= 15 is 0 Å². The van der Waals surface area contributed by atoms with Gasteiger partial charge in [-0.05, 0) is 37.0 Å². The van der Waals surface area contributed by atoms with Crippen LogP contribution in [0, 0.1) is 0 Å². The van der Waals surface area contributed by atoms with Crippen LogP contribution in [0.3, 0.4) is 0 Å². The van der Waals surface area contributed by atoms with E-state index in [0.717, 1.165) is 75.5 Å². The van der Waals surface area contributed by atoms with Crippen molar-refractivity contribution in [1.29, 1.82) is 0 Å². The van der Waals surface area contributed by atoms with Crippen molar-refractivity contribution < 1.29 is 9.59 Å². The van der Waals surface area contributed by atoms with E-state index in [9.17, 15) is 9.59 Å². The summed E-state index contributed by atoms with van der Waals surface area (Å²) in [4.78, 5) is 33.0. The third-order valence-electron chi connectivity index (χ3n) is 6.05. The molecule has 0 bridgehead atoms. The zero-order valence-electron chi connectivity index (χ0n) is 18.0. The molecule has 2 saturated heterocycles. The normalized spacial score (nSPS) is 17.5. The number of carbonyl (C=O) groups is 2. The molecule has 2 heterocycles. The summed E-state index contributed by atoms with van der Waals surface area (Å²) in [5.74, 6) is 0.657. The van der Waals surface area contributed by atoms with Gasteiger partial charge in [0.05, 0.1) is 11.3 Å². The first-order valence-electron chi connectivity index (χ1n) is 11.3. The Bertz CT molecular complexity index is 883. The maximum absolute atomic E-state index is 13.3. The molecule has 2 aromatic rings. The van der Waals surface area contributed by atoms with Gasteiger partial charge in [-0.1, -0.05) is 42.5 Å². The lowest BCUT2D eigenvalue weighted by Crippen LogP contribution is -2.35. The molecular formula is C25H31N3O2S. The van der Waals surface area contributed by atoms with Gasteiger partial charge in [0.25, 0.3) is 5.91 Å². The number of hydrogen-bond acceptors (Lipinski definition) is 4. The van der Waals surface area contributed by atoms with Crippen LogP contribution >= 0.6 is 11.8 Å². The molecule has 164 valence electrons. The molecule has 2 aliphatic heterocycles. The average Bonchev–Trinajstić information content (AvgIpc) is 3.25. The van der Waals surface area contributed by atoms with Crippen molar-refractivity contribution in [1.82, 2.24) is 14.7 Å². The molecule has 0 N–H and O–H groups in total. The molecule has 5 nitrogen and oxygen atoms in total. The van der Waals surface area contributed by atoms with Gasteiger partial charge < -0.3 is 9.80 Å². The highest BCUT2D eigenvalue weighted by molar-refractivity contribution is 8.00. The Kier molecular flexibility index (Phi) is 7.65. The van der Waals surface area contributed by atoms with Crippen molar-refractivity contribution in [3.8, 4) is 0 Å². The van der Waals surface area contributed by atoms with Gasteiger partial charge in [-0.2, -0.15) is 0 Å². The van der Waals surface area contributed by atoms with E-state index in [0.29, 0.717) is 5.75 Å². The lowest BCUT2D eigenvalue weighted by molar-refractivity contribution is -0.127. The molecule has 0 radical (unpaired) electrons. The van der Waals surface area contributed by atoms with E-state index in [1.54, 1.807) is 0 Å². The van der Waals surface area contributed by atoms with E-state index in [1.807, 2.05) is 40.1 Å². The highest BCUT2D eigenvalue weighted by Crippen LogP contribution is 2.25.